The predicted octanol–water partition coefficient (Wildman–Crippen LogP) is 1.39. The maximum Gasteiger partial charge on any atom is 0.139 e. The zero-order valence-corrected chi connectivity index (χ0v) is 6.89. The maximum absolute atomic E-state index is 13.3. The van der Waals surface area contributed by atoms with Crippen LogP contribution in [0.3, 0.4) is 0 Å². The Kier molecular flexibility index (Phi) is 1.60. The molecule has 0 spiro atoms. The van der Waals surface area contributed by atoms with E-state index in [9.17, 15) is 4.39 Å². The van der Waals surface area contributed by atoms with E-state index in [2.05, 4.69) is 12.2 Å². The molecule has 1 N–H and O–H groups in total. The van der Waals surface area contributed by atoms with E-state index >= 15 is 0 Å². The largest absolute Gasteiger partial charge is 0.382 e. The van der Waals surface area contributed by atoms with Gasteiger partial charge in [-0.1, -0.05) is 24.5 Å². The van der Waals surface area contributed by atoms with Crippen molar-refractivity contribution in [3.63, 3.8) is 0 Å². The molecule has 0 saturated heterocycles. The summed E-state index contributed by atoms with van der Waals surface area (Å²) in [5.74, 6) is 0.0759. The number of anilines is 1. The Morgan fingerprint density at radius 1 is 1.67 bits per heavy atom. The van der Waals surface area contributed by atoms with Crippen molar-refractivity contribution in [1.82, 2.24) is 0 Å². The smallest absolute Gasteiger partial charge is 0.139 e. The third kappa shape index (κ3) is 0.925. The van der Waals surface area contributed by atoms with Gasteiger partial charge >= 0.3 is 0 Å². The van der Waals surface area contributed by atoms with Gasteiger partial charge in [-0.25, -0.2) is 4.39 Å². The van der Waals surface area contributed by atoms with Gasteiger partial charge in [0.05, 0.1) is 5.69 Å². The first kappa shape index (κ1) is 7.65. The molecular weight excluding hydrogens is 152 g/mol. The van der Waals surface area contributed by atoms with Gasteiger partial charge in [-0.15, -0.1) is 0 Å². The van der Waals surface area contributed by atoms with Crippen LogP contribution in [0.2, 0.25) is 0 Å². The Balaban J connectivity index is 0.000000845. The monoisotopic (exact) mass is 163 g/mol. The third-order valence-electron chi connectivity index (χ3n) is 2.32. The van der Waals surface area contributed by atoms with Gasteiger partial charge in [0.1, 0.15) is 13.7 Å². The molecule has 2 rings (SSSR count). The van der Waals surface area contributed by atoms with E-state index in [1.807, 2.05) is 6.07 Å². The molecule has 1 aromatic rings. The van der Waals surface area contributed by atoms with E-state index in [0.29, 0.717) is 11.6 Å². The lowest BCUT2D eigenvalue weighted by atomic mass is 9.91. The second-order valence-electron chi connectivity index (χ2n) is 3.21. The lowest BCUT2D eigenvalue weighted by Crippen LogP contribution is -2.10. The Morgan fingerprint density at radius 3 is 3.17 bits per heavy atom. The van der Waals surface area contributed by atoms with Crippen molar-refractivity contribution in [2.45, 2.75) is 12.8 Å². The summed E-state index contributed by atoms with van der Waals surface area (Å²) >= 11 is 0. The Labute approximate surface area is 73.9 Å². The molecule has 1 unspecified atom stereocenters. The normalized spacial score (nSPS) is 20.3. The zero-order valence-electron chi connectivity index (χ0n) is 6.89. The summed E-state index contributed by atoms with van der Waals surface area (Å²) in [6.07, 6.45) is 0. The average molecular weight is 163 g/mol. The highest BCUT2D eigenvalue weighted by Crippen LogP contribution is 2.31. The van der Waals surface area contributed by atoms with Gasteiger partial charge in [-0.2, -0.15) is 0 Å². The fraction of sp³-hybridized carbons (Fsp3) is 0.333. The van der Waals surface area contributed by atoms with Gasteiger partial charge in [0.15, 0.2) is 0 Å². The molecule has 1 heterocycles. The summed E-state index contributed by atoms with van der Waals surface area (Å²) in [7, 11) is 5.42. The topological polar surface area (TPSA) is 12.0 Å². The highest BCUT2D eigenvalue weighted by Gasteiger charge is 2.21. The fourth-order valence-corrected chi connectivity index (χ4v) is 1.56. The van der Waals surface area contributed by atoms with Crippen LogP contribution < -0.4 is 10.8 Å². The molecule has 1 atom stereocenters. The Hall–Kier alpha value is -0.985. The number of benzene rings is 1. The lowest BCUT2D eigenvalue weighted by Gasteiger charge is -2.05. The summed E-state index contributed by atoms with van der Waals surface area (Å²) in [5.41, 5.74) is 1.83. The summed E-state index contributed by atoms with van der Waals surface area (Å²) < 4.78 is 13.3. The summed E-state index contributed by atoms with van der Waals surface area (Å²) in [6, 6.07) is 3.51. The highest BCUT2D eigenvalue weighted by atomic mass is 19.1. The quantitative estimate of drug-likeness (QED) is 0.570. The van der Waals surface area contributed by atoms with Crippen LogP contribution in [-0.2, 0) is 0 Å². The molecule has 1 aromatic carbocycles. The van der Waals surface area contributed by atoms with Crippen LogP contribution >= 0.6 is 0 Å². The molecule has 3 heteroatoms. The first-order chi connectivity index (χ1) is 5.70. The van der Waals surface area contributed by atoms with Crippen LogP contribution in [0.5, 0.6) is 0 Å². The van der Waals surface area contributed by atoms with Crippen molar-refractivity contribution in [1.29, 1.82) is 0 Å². The van der Waals surface area contributed by atoms with Crippen LogP contribution in [0.1, 0.15) is 19.8 Å². The number of fused-ring (bicyclic) bond motifs is 1. The van der Waals surface area contributed by atoms with Gasteiger partial charge in [-0.3, -0.25) is 0 Å². The molecule has 12 heavy (non-hydrogen) atoms. The predicted molar refractivity (Wildman–Crippen MR) is 50.8 cm³/mol. The molecule has 0 saturated carbocycles. The van der Waals surface area contributed by atoms with E-state index in [1.54, 1.807) is 6.07 Å². The summed E-state index contributed by atoms with van der Waals surface area (Å²) in [6.45, 7) is 2.87. The standard InChI is InChI=1S/C9H9BFN.H2/c1-5-4-12-9-6(5)2-3-7(10)8(9)11;/h2-3,5,12H,4H2,1H3;1H. The minimum Gasteiger partial charge on any atom is -0.382 e. The van der Waals surface area contributed by atoms with Gasteiger partial charge in [-0.05, 0) is 5.56 Å². The first-order valence-corrected chi connectivity index (χ1v) is 4.02. The van der Waals surface area contributed by atoms with Gasteiger partial charge in [0, 0.05) is 13.9 Å². The van der Waals surface area contributed by atoms with Gasteiger partial charge in [0.25, 0.3) is 0 Å². The molecule has 62 valence electrons. The first-order valence-electron chi connectivity index (χ1n) is 4.02. The summed E-state index contributed by atoms with van der Waals surface area (Å²) in [4.78, 5) is 0. The average Bonchev–Trinajstić information content (AvgIpc) is 2.41. The van der Waals surface area contributed by atoms with E-state index in [-0.39, 0.29) is 12.7 Å². The van der Waals surface area contributed by atoms with Crippen molar-refractivity contribution < 1.29 is 5.82 Å². The number of nitrogens with one attached hydrogen (secondary N) is 1. The minimum absolute atomic E-state index is 0. The molecule has 0 fully saturated rings. The number of hydrogen-bond acceptors (Lipinski definition) is 1. The molecule has 0 aliphatic carbocycles. The minimum atomic E-state index is -0.308. The second kappa shape index (κ2) is 2.51. The Bertz CT molecular complexity index is 330. The van der Waals surface area contributed by atoms with Crippen LogP contribution in [0.15, 0.2) is 12.1 Å². The molecule has 2 radical (unpaired) electrons. The van der Waals surface area contributed by atoms with Crippen LogP contribution in [-0.4, -0.2) is 14.4 Å². The number of hydrogen-bond donors (Lipinski definition) is 1. The van der Waals surface area contributed by atoms with Crippen molar-refractivity contribution >= 4 is 19.0 Å². The Morgan fingerprint density at radius 2 is 2.42 bits per heavy atom. The van der Waals surface area contributed by atoms with Gasteiger partial charge in [0.2, 0.25) is 0 Å². The second-order valence-corrected chi connectivity index (χ2v) is 3.21. The van der Waals surface area contributed by atoms with Crippen LogP contribution in [0, 0.1) is 5.82 Å². The number of rotatable bonds is 0. The molecule has 1 aliphatic heterocycles. The fourth-order valence-electron chi connectivity index (χ4n) is 1.56. The number of halogens is 1. The molecule has 0 amide bonds. The van der Waals surface area contributed by atoms with E-state index in [1.165, 1.54) is 0 Å². The van der Waals surface area contributed by atoms with Crippen molar-refractivity contribution in [2.75, 3.05) is 11.9 Å². The lowest BCUT2D eigenvalue weighted by molar-refractivity contribution is 0.639. The SMILES string of the molecule is [B]c1ccc2c(c1F)NCC2C.[HH]. The molecule has 0 bridgehead atoms. The van der Waals surface area contributed by atoms with E-state index < -0.39 is 0 Å². The highest BCUT2D eigenvalue weighted by molar-refractivity contribution is 6.32. The van der Waals surface area contributed by atoms with Crippen LogP contribution in [0.4, 0.5) is 10.1 Å². The van der Waals surface area contributed by atoms with E-state index in [4.69, 9.17) is 7.85 Å². The molecule has 0 aromatic heterocycles. The van der Waals surface area contributed by atoms with Crippen molar-refractivity contribution in [3.05, 3.63) is 23.5 Å². The van der Waals surface area contributed by atoms with E-state index in [0.717, 1.165) is 12.1 Å². The molecule has 1 nitrogen and oxygen atoms in total. The molecule has 1 aliphatic rings. The van der Waals surface area contributed by atoms with Crippen molar-refractivity contribution in [3.8, 4) is 0 Å². The van der Waals surface area contributed by atoms with Crippen molar-refractivity contribution in [2.24, 2.45) is 0 Å². The zero-order chi connectivity index (χ0) is 8.72. The third-order valence-corrected chi connectivity index (χ3v) is 2.32. The maximum atomic E-state index is 13.3. The summed E-state index contributed by atoms with van der Waals surface area (Å²) in [5, 5.41) is 3.00. The van der Waals surface area contributed by atoms with Crippen LogP contribution in [0.25, 0.3) is 0 Å². The molecular formula is C9H11BFN. The van der Waals surface area contributed by atoms with Gasteiger partial charge < -0.3 is 5.32 Å².